The summed E-state index contributed by atoms with van der Waals surface area (Å²) in [6.07, 6.45) is 6.97. The van der Waals surface area contributed by atoms with Gasteiger partial charge in [-0.25, -0.2) is 4.57 Å². The number of likely N-dealkylation sites (N-methyl/N-ethyl adjacent to an activating group) is 1. The number of hydrogen-bond donors (Lipinski definition) is 0. The van der Waals surface area contributed by atoms with E-state index < -0.39 is 7.75 Å². The molecule has 0 aliphatic heterocycles. The molecule has 6 heteroatoms. The van der Waals surface area contributed by atoms with E-state index in [1.54, 1.807) is 4.34 Å². The topological polar surface area (TPSA) is 43.7 Å². The number of nitrogens with zero attached hydrogens (tertiary/aromatic N) is 2. The lowest BCUT2D eigenvalue weighted by Gasteiger charge is -2.20. The average molecular weight is 348 g/mol. The Morgan fingerprint density at radius 1 is 1.12 bits per heavy atom. The van der Waals surface area contributed by atoms with Gasteiger partial charge in [-0.15, -0.1) is 0 Å². The molecule has 1 aromatic carbocycles. The first-order valence-electron chi connectivity index (χ1n) is 8.76. The molecule has 1 heterocycles. The molecule has 130 valence electrons. The van der Waals surface area contributed by atoms with Crippen molar-refractivity contribution in [1.29, 1.82) is 0 Å². The molecule has 5 nitrogen and oxygen atoms in total. The van der Waals surface area contributed by atoms with Gasteiger partial charge in [0.2, 0.25) is 0 Å². The van der Waals surface area contributed by atoms with E-state index in [4.69, 9.17) is 9.05 Å². The highest BCUT2D eigenvalue weighted by Gasteiger charge is 2.42. The quantitative estimate of drug-likeness (QED) is 0.675. The number of fused-ring (bicyclic) bond motifs is 1. The van der Waals surface area contributed by atoms with E-state index in [-0.39, 0.29) is 12.2 Å². The normalized spacial score (nSPS) is 18.6. The minimum absolute atomic E-state index is 0.0842. The van der Waals surface area contributed by atoms with Crippen molar-refractivity contribution in [3.05, 3.63) is 36.0 Å². The molecule has 0 N–H and O–H groups in total. The summed E-state index contributed by atoms with van der Waals surface area (Å²) >= 11 is 0. The second-order valence-corrected chi connectivity index (χ2v) is 8.94. The number of hydrogen-bond acceptors (Lipinski definition) is 4. The van der Waals surface area contributed by atoms with Crippen LogP contribution in [0.25, 0.3) is 10.9 Å². The van der Waals surface area contributed by atoms with Crippen LogP contribution in [0.15, 0.2) is 30.5 Å². The van der Waals surface area contributed by atoms with E-state index in [9.17, 15) is 4.57 Å². The van der Waals surface area contributed by atoms with Gasteiger partial charge in [-0.1, -0.05) is 18.2 Å². The van der Waals surface area contributed by atoms with Crippen LogP contribution in [0.3, 0.4) is 0 Å². The summed E-state index contributed by atoms with van der Waals surface area (Å²) in [5.74, 6) is 0. The average Bonchev–Trinajstić information content (AvgIpc) is 3.47. The van der Waals surface area contributed by atoms with Crippen LogP contribution in [-0.4, -0.2) is 42.1 Å². The molecule has 2 aromatic rings. The van der Waals surface area contributed by atoms with E-state index in [1.807, 2.05) is 24.4 Å². The molecular formula is C18H25N2O3P. The molecule has 1 aromatic heterocycles. The Labute approximate surface area is 143 Å². The van der Waals surface area contributed by atoms with E-state index in [2.05, 4.69) is 25.1 Å². The summed E-state index contributed by atoms with van der Waals surface area (Å²) in [5.41, 5.74) is 2.13. The zero-order valence-electron chi connectivity index (χ0n) is 14.4. The van der Waals surface area contributed by atoms with Crippen LogP contribution in [0.4, 0.5) is 0 Å². The first kappa shape index (κ1) is 16.3. The van der Waals surface area contributed by atoms with E-state index in [0.29, 0.717) is 0 Å². The maximum Gasteiger partial charge on any atom is 0.439 e. The summed E-state index contributed by atoms with van der Waals surface area (Å²) in [6.45, 7) is 0.950. The van der Waals surface area contributed by atoms with Gasteiger partial charge in [0, 0.05) is 18.1 Å². The molecule has 2 aliphatic rings. The molecule has 0 spiro atoms. The molecular weight excluding hydrogens is 323 g/mol. The largest absolute Gasteiger partial charge is 0.439 e. The minimum atomic E-state index is -3.33. The molecule has 4 rings (SSSR count). The van der Waals surface area contributed by atoms with Crippen molar-refractivity contribution >= 4 is 18.6 Å². The Hall–Kier alpha value is -1.13. The lowest BCUT2D eigenvalue weighted by atomic mass is 10.1. The van der Waals surface area contributed by atoms with Crippen LogP contribution in [0, 0.1) is 0 Å². The van der Waals surface area contributed by atoms with Crippen molar-refractivity contribution in [2.75, 3.05) is 20.6 Å². The molecule has 0 unspecified atom stereocenters. The van der Waals surface area contributed by atoms with Gasteiger partial charge in [-0.2, -0.15) is 0 Å². The third-order valence-electron chi connectivity index (χ3n) is 4.48. The fourth-order valence-corrected chi connectivity index (χ4v) is 4.97. The highest BCUT2D eigenvalue weighted by Crippen LogP contribution is 2.59. The molecule has 2 fully saturated rings. The third kappa shape index (κ3) is 3.45. The molecule has 0 radical (unpaired) electrons. The first-order valence-corrected chi connectivity index (χ1v) is 10.3. The van der Waals surface area contributed by atoms with Crippen LogP contribution in [0.5, 0.6) is 0 Å². The predicted molar refractivity (Wildman–Crippen MR) is 95.4 cm³/mol. The monoisotopic (exact) mass is 348 g/mol. The van der Waals surface area contributed by atoms with Crippen molar-refractivity contribution in [2.45, 2.75) is 44.3 Å². The highest BCUT2D eigenvalue weighted by molar-refractivity contribution is 7.52. The number of rotatable bonds is 8. The zero-order chi connectivity index (χ0) is 16.7. The zero-order valence-corrected chi connectivity index (χ0v) is 15.2. The van der Waals surface area contributed by atoms with Gasteiger partial charge in [-0.3, -0.25) is 13.4 Å². The molecule has 0 atom stereocenters. The number of aromatic nitrogens is 1. The molecule has 24 heavy (non-hydrogen) atoms. The van der Waals surface area contributed by atoms with Crippen molar-refractivity contribution in [3.63, 3.8) is 0 Å². The van der Waals surface area contributed by atoms with E-state index in [0.717, 1.165) is 49.6 Å². The van der Waals surface area contributed by atoms with Crippen molar-refractivity contribution in [2.24, 2.45) is 0 Å². The Morgan fingerprint density at radius 3 is 2.33 bits per heavy atom. The maximum atomic E-state index is 13.6. The second kappa shape index (κ2) is 6.30. The van der Waals surface area contributed by atoms with Crippen LogP contribution < -0.4 is 0 Å². The van der Waals surface area contributed by atoms with Gasteiger partial charge < -0.3 is 4.90 Å². The molecule has 0 amide bonds. The van der Waals surface area contributed by atoms with E-state index >= 15 is 0 Å². The van der Waals surface area contributed by atoms with Crippen molar-refractivity contribution < 1.29 is 13.6 Å². The Kier molecular flexibility index (Phi) is 4.29. The minimum Gasteiger partial charge on any atom is -0.309 e. The molecule has 0 saturated heterocycles. The summed E-state index contributed by atoms with van der Waals surface area (Å²) in [4.78, 5) is 2.16. The molecule has 2 aliphatic carbocycles. The Bertz CT molecular complexity index is 760. The fraction of sp³-hybridized carbons (Fsp3) is 0.556. The Morgan fingerprint density at radius 2 is 1.75 bits per heavy atom. The molecule has 2 saturated carbocycles. The molecule has 0 bridgehead atoms. The number of para-hydroxylation sites is 1. The van der Waals surface area contributed by atoms with Gasteiger partial charge in [0.1, 0.15) is 0 Å². The predicted octanol–water partition coefficient (Wildman–Crippen LogP) is 4.06. The van der Waals surface area contributed by atoms with Crippen LogP contribution >= 0.6 is 7.75 Å². The van der Waals surface area contributed by atoms with Crippen molar-refractivity contribution in [1.82, 2.24) is 9.24 Å². The SMILES string of the molecule is CN(C)CCc1cn(P(=O)(OC2CC2)OC2CC2)c2ccccc12. The lowest BCUT2D eigenvalue weighted by Crippen LogP contribution is -2.14. The summed E-state index contributed by atoms with van der Waals surface area (Å²) in [6, 6.07) is 8.11. The summed E-state index contributed by atoms with van der Waals surface area (Å²) < 4.78 is 27.2. The highest BCUT2D eigenvalue weighted by atomic mass is 31.2. The van der Waals surface area contributed by atoms with Crippen LogP contribution in [0.2, 0.25) is 0 Å². The van der Waals surface area contributed by atoms with Gasteiger partial charge in [0.25, 0.3) is 0 Å². The van der Waals surface area contributed by atoms with Crippen LogP contribution in [0.1, 0.15) is 31.2 Å². The van der Waals surface area contributed by atoms with Gasteiger partial charge >= 0.3 is 7.75 Å². The van der Waals surface area contributed by atoms with Gasteiger partial charge in [0.05, 0.1) is 17.7 Å². The van der Waals surface area contributed by atoms with Crippen LogP contribution in [-0.2, 0) is 20.0 Å². The standard InChI is InChI=1S/C18H25N2O3P/c1-19(2)12-11-14-13-20(18-6-4-3-5-17(14)18)24(21,22-15-7-8-15)23-16-9-10-16/h3-6,13,15-16H,7-12H2,1-2H3. The maximum absolute atomic E-state index is 13.6. The first-order chi connectivity index (χ1) is 11.5. The summed E-state index contributed by atoms with van der Waals surface area (Å²) in [5, 5.41) is 1.14. The number of benzene rings is 1. The fourth-order valence-electron chi connectivity index (χ4n) is 2.83. The smallest absolute Gasteiger partial charge is 0.309 e. The third-order valence-corrected chi connectivity index (χ3v) is 6.47. The van der Waals surface area contributed by atoms with Gasteiger partial charge in [-0.05, 0) is 57.8 Å². The lowest BCUT2D eigenvalue weighted by molar-refractivity contribution is 0.183. The Balaban J connectivity index is 1.74. The summed E-state index contributed by atoms with van der Waals surface area (Å²) in [7, 11) is 0.804. The van der Waals surface area contributed by atoms with Crippen molar-refractivity contribution in [3.8, 4) is 0 Å². The second-order valence-electron chi connectivity index (χ2n) is 7.15. The van der Waals surface area contributed by atoms with Gasteiger partial charge in [0.15, 0.2) is 0 Å². The van der Waals surface area contributed by atoms with E-state index in [1.165, 1.54) is 5.56 Å².